The van der Waals surface area contributed by atoms with Gasteiger partial charge in [0.25, 0.3) is 0 Å². The summed E-state index contributed by atoms with van der Waals surface area (Å²) in [5.41, 5.74) is 5.69. The van der Waals surface area contributed by atoms with Gasteiger partial charge in [-0.15, -0.1) is 0 Å². The maximum absolute atomic E-state index is 5.54. The van der Waals surface area contributed by atoms with Crippen molar-refractivity contribution in [3.63, 3.8) is 0 Å². The lowest BCUT2D eigenvalue weighted by Gasteiger charge is -2.08. The first kappa shape index (κ1) is 11.4. The molecule has 0 aliphatic rings. The summed E-state index contributed by atoms with van der Waals surface area (Å²) in [5, 5.41) is 0. The van der Waals surface area contributed by atoms with Crippen LogP contribution in [0.15, 0.2) is 59.6 Å². The first-order valence-corrected chi connectivity index (χ1v) is 5.47. The summed E-state index contributed by atoms with van der Waals surface area (Å²) >= 11 is 0. The number of benzene rings is 2. The van der Waals surface area contributed by atoms with Gasteiger partial charge in [-0.3, -0.25) is 0 Å². The summed E-state index contributed by atoms with van der Waals surface area (Å²) in [4.78, 5) is 4.49. The van der Waals surface area contributed by atoms with Crippen molar-refractivity contribution in [2.24, 2.45) is 10.8 Å². The molecule has 86 valence electrons. The number of aryl methyl sites for hydroxylation is 1. The lowest BCUT2D eigenvalue weighted by atomic mass is 10.1. The molecule has 0 atom stereocenters. The number of nitrogens with zero attached hydrogens (tertiary/aromatic N) is 1. The number of nitrogens with one attached hydrogen (secondary N) is 1. The van der Waals surface area contributed by atoms with Crippen LogP contribution in [-0.2, 0) is 0 Å². The van der Waals surface area contributed by atoms with Crippen LogP contribution in [0.4, 0.5) is 5.69 Å². The van der Waals surface area contributed by atoms with Gasteiger partial charge in [0, 0.05) is 5.56 Å². The molecule has 0 fully saturated rings. The number of hydrogen-bond acceptors (Lipinski definition) is 2. The van der Waals surface area contributed by atoms with Crippen molar-refractivity contribution in [1.29, 1.82) is 0 Å². The smallest absolute Gasteiger partial charge is 0.148 e. The van der Waals surface area contributed by atoms with Gasteiger partial charge < -0.3 is 5.43 Å². The summed E-state index contributed by atoms with van der Waals surface area (Å²) in [6, 6.07) is 17.7. The molecule has 2 aromatic carbocycles. The zero-order valence-corrected chi connectivity index (χ0v) is 9.72. The van der Waals surface area contributed by atoms with Crippen molar-refractivity contribution in [2.75, 3.05) is 0 Å². The summed E-state index contributed by atoms with van der Waals surface area (Å²) < 4.78 is 0. The molecular formula is C14H15N3. The quantitative estimate of drug-likeness (QED) is 0.357. The zero-order valence-electron chi connectivity index (χ0n) is 9.72. The van der Waals surface area contributed by atoms with Crippen LogP contribution in [-0.4, -0.2) is 5.84 Å². The molecule has 0 radical (unpaired) electrons. The SMILES string of the molecule is Cc1ccccc1C(=Nc1ccccc1)NN. The first-order valence-electron chi connectivity index (χ1n) is 5.47. The minimum Gasteiger partial charge on any atom is -0.308 e. The Bertz CT molecular complexity index is 518. The maximum atomic E-state index is 5.54. The van der Waals surface area contributed by atoms with Gasteiger partial charge in [-0.1, -0.05) is 42.5 Å². The monoisotopic (exact) mass is 225 g/mol. The summed E-state index contributed by atoms with van der Waals surface area (Å²) in [6.45, 7) is 2.03. The first-order chi connectivity index (χ1) is 8.31. The number of para-hydroxylation sites is 1. The average Bonchev–Trinajstić information content (AvgIpc) is 2.38. The van der Waals surface area contributed by atoms with Gasteiger partial charge in [0.05, 0.1) is 5.69 Å². The van der Waals surface area contributed by atoms with Crippen LogP contribution in [0.5, 0.6) is 0 Å². The summed E-state index contributed by atoms with van der Waals surface area (Å²) in [6.07, 6.45) is 0. The average molecular weight is 225 g/mol. The molecule has 0 saturated heterocycles. The number of rotatable bonds is 2. The lowest BCUT2D eigenvalue weighted by Crippen LogP contribution is -2.31. The maximum Gasteiger partial charge on any atom is 0.148 e. The van der Waals surface area contributed by atoms with Crippen molar-refractivity contribution in [2.45, 2.75) is 6.92 Å². The molecule has 17 heavy (non-hydrogen) atoms. The Hall–Kier alpha value is -2.13. The normalized spacial score (nSPS) is 11.3. The molecule has 0 bridgehead atoms. The molecule has 0 aliphatic carbocycles. The van der Waals surface area contributed by atoms with Crippen molar-refractivity contribution in [3.05, 3.63) is 65.7 Å². The Morgan fingerprint density at radius 3 is 2.29 bits per heavy atom. The standard InChI is InChI=1S/C14H15N3/c1-11-7-5-6-10-13(11)14(17-15)16-12-8-3-2-4-9-12/h2-10H,15H2,1H3,(H,16,17). The van der Waals surface area contributed by atoms with E-state index in [9.17, 15) is 0 Å². The van der Waals surface area contributed by atoms with E-state index in [-0.39, 0.29) is 0 Å². The zero-order chi connectivity index (χ0) is 12.1. The van der Waals surface area contributed by atoms with Crippen molar-refractivity contribution < 1.29 is 0 Å². The Morgan fingerprint density at radius 1 is 1.00 bits per heavy atom. The summed E-state index contributed by atoms with van der Waals surface area (Å²) in [7, 11) is 0. The molecule has 3 N–H and O–H groups in total. The van der Waals surface area contributed by atoms with Crippen LogP contribution in [0.2, 0.25) is 0 Å². The van der Waals surface area contributed by atoms with Gasteiger partial charge in [-0.05, 0) is 24.6 Å². The second kappa shape index (κ2) is 5.27. The van der Waals surface area contributed by atoms with Gasteiger partial charge in [0.1, 0.15) is 5.84 Å². The highest BCUT2D eigenvalue weighted by atomic mass is 15.2. The molecule has 0 unspecified atom stereocenters. The van der Waals surface area contributed by atoms with Crippen molar-refractivity contribution in [1.82, 2.24) is 5.43 Å². The van der Waals surface area contributed by atoms with Crippen molar-refractivity contribution >= 4 is 11.5 Å². The minimum absolute atomic E-state index is 0.675. The number of nitrogens with two attached hydrogens (primary N) is 1. The van der Waals surface area contributed by atoms with Crippen LogP contribution in [0, 0.1) is 6.92 Å². The van der Waals surface area contributed by atoms with E-state index in [1.165, 1.54) is 0 Å². The van der Waals surface area contributed by atoms with E-state index in [0.717, 1.165) is 16.8 Å². The highest BCUT2D eigenvalue weighted by Gasteiger charge is 2.04. The number of aliphatic imine (C=N–C) groups is 1. The third-order valence-corrected chi connectivity index (χ3v) is 2.53. The highest BCUT2D eigenvalue weighted by Crippen LogP contribution is 2.14. The van der Waals surface area contributed by atoms with Gasteiger partial charge >= 0.3 is 0 Å². The Kier molecular flexibility index (Phi) is 3.52. The fourth-order valence-corrected chi connectivity index (χ4v) is 1.64. The van der Waals surface area contributed by atoms with Crippen LogP contribution in [0.1, 0.15) is 11.1 Å². The van der Waals surface area contributed by atoms with Gasteiger partial charge in [-0.2, -0.15) is 0 Å². The third-order valence-electron chi connectivity index (χ3n) is 2.53. The highest BCUT2D eigenvalue weighted by molar-refractivity contribution is 6.01. The van der Waals surface area contributed by atoms with E-state index in [4.69, 9.17) is 5.84 Å². The molecule has 3 heteroatoms. The Balaban J connectivity index is 2.41. The number of amidine groups is 1. The topological polar surface area (TPSA) is 50.4 Å². The van der Waals surface area contributed by atoms with Gasteiger partial charge in [0.15, 0.2) is 0 Å². The van der Waals surface area contributed by atoms with E-state index in [0.29, 0.717) is 5.84 Å². The second-order valence-corrected chi connectivity index (χ2v) is 3.76. The molecule has 0 spiro atoms. The molecule has 0 heterocycles. The van der Waals surface area contributed by atoms with Crippen LogP contribution < -0.4 is 11.3 Å². The Morgan fingerprint density at radius 2 is 1.65 bits per heavy atom. The number of hydrogen-bond donors (Lipinski definition) is 2. The van der Waals surface area contributed by atoms with E-state index in [1.54, 1.807) is 0 Å². The van der Waals surface area contributed by atoms with Crippen LogP contribution in [0.25, 0.3) is 0 Å². The van der Waals surface area contributed by atoms with E-state index < -0.39 is 0 Å². The number of hydrazine groups is 1. The summed E-state index contributed by atoms with van der Waals surface area (Å²) in [5.74, 6) is 6.22. The molecular weight excluding hydrogens is 210 g/mol. The van der Waals surface area contributed by atoms with Gasteiger partial charge in [0.2, 0.25) is 0 Å². The molecule has 3 nitrogen and oxygen atoms in total. The Labute approximate surface area is 101 Å². The molecule has 2 rings (SSSR count). The van der Waals surface area contributed by atoms with Crippen LogP contribution in [0.3, 0.4) is 0 Å². The third kappa shape index (κ3) is 2.71. The fraction of sp³-hybridized carbons (Fsp3) is 0.0714. The van der Waals surface area contributed by atoms with Crippen LogP contribution >= 0.6 is 0 Å². The van der Waals surface area contributed by atoms with E-state index in [2.05, 4.69) is 10.4 Å². The largest absolute Gasteiger partial charge is 0.308 e. The van der Waals surface area contributed by atoms with E-state index in [1.807, 2.05) is 61.5 Å². The molecule has 0 aromatic heterocycles. The fourth-order valence-electron chi connectivity index (χ4n) is 1.64. The molecule has 0 aliphatic heterocycles. The molecule has 2 aromatic rings. The molecule has 0 amide bonds. The minimum atomic E-state index is 0.675. The van der Waals surface area contributed by atoms with E-state index >= 15 is 0 Å². The predicted molar refractivity (Wildman–Crippen MR) is 71.1 cm³/mol. The van der Waals surface area contributed by atoms with Gasteiger partial charge in [-0.25, -0.2) is 10.8 Å². The predicted octanol–water partition coefficient (Wildman–Crippen LogP) is 2.54. The van der Waals surface area contributed by atoms with Crippen molar-refractivity contribution in [3.8, 4) is 0 Å². The molecule has 0 saturated carbocycles. The lowest BCUT2D eigenvalue weighted by molar-refractivity contribution is 1.02. The second-order valence-electron chi connectivity index (χ2n) is 3.76.